The smallest absolute Gasteiger partial charge is 0.277 e. The number of hydrazine groups is 1. The first kappa shape index (κ1) is 18.0. The van der Waals surface area contributed by atoms with Gasteiger partial charge in [-0.05, 0) is 23.3 Å². The van der Waals surface area contributed by atoms with E-state index in [1.54, 1.807) is 12.1 Å². The second kappa shape index (κ2) is 6.63. The Bertz CT molecular complexity index is 908. The molecule has 0 saturated heterocycles. The third-order valence-corrected chi connectivity index (χ3v) is 5.09. The molecule has 0 N–H and O–H groups in total. The van der Waals surface area contributed by atoms with Crippen molar-refractivity contribution in [1.29, 1.82) is 0 Å². The maximum absolute atomic E-state index is 13.1. The van der Waals surface area contributed by atoms with Gasteiger partial charge in [-0.15, -0.1) is 0 Å². The van der Waals surface area contributed by atoms with Gasteiger partial charge in [0.05, 0.1) is 52.7 Å². The first-order chi connectivity index (χ1) is 13.5. The van der Waals surface area contributed by atoms with Crippen molar-refractivity contribution in [2.24, 2.45) is 0 Å². The number of amides is 2. The van der Waals surface area contributed by atoms with Crippen LogP contribution in [0.1, 0.15) is 31.8 Å². The van der Waals surface area contributed by atoms with Crippen molar-refractivity contribution in [3.63, 3.8) is 0 Å². The van der Waals surface area contributed by atoms with Crippen LogP contribution in [0.5, 0.6) is 23.0 Å². The Balaban J connectivity index is 1.72. The number of carbonyl (C=O) groups is 2. The molecule has 0 aliphatic carbocycles. The van der Waals surface area contributed by atoms with E-state index in [0.29, 0.717) is 34.1 Å². The maximum atomic E-state index is 13.1. The molecule has 0 atom stereocenters. The van der Waals surface area contributed by atoms with Gasteiger partial charge in [0.1, 0.15) is 0 Å². The Morgan fingerprint density at radius 2 is 1.04 bits per heavy atom. The van der Waals surface area contributed by atoms with E-state index >= 15 is 0 Å². The third-order valence-electron chi connectivity index (χ3n) is 5.09. The Morgan fingerprint density at radius 1 is 0.643 bits per heavy atom. The van der Waals surface area contributed by atoms with Gasteiger partial charge in [0.15, 0.2) is 23.0 Å². The summed E-state index contributed by atoms with van der Waals surface area (Å²) in [6.07, 6.45) is 0. The molecular weight excluding hydrogens is 364 g/mol. The number of rotatable bonds is 5. The Hall–Kier alpha value is -3.42. The van der Waals surface area contributed by atoms with Gasteiger partial charge in [0, 0.05) is 0 Å². The largest absolute Gasteiger partial charge is 0.493 e. The van der Waals surface area contributed by atoms with Gasteiger partial charge in [-0.3, -0.25) is 9.59 Å². The topological polar surface area (TPSA) is 77.5 Å². The van der Waals surface area contributed by atoms with Crippen molar-refractivity contribution in [3.05, 3.63) is 46.5 Å². The van der Waals surface area contributed by atoms with E-state index < -0.39 is 0 Å². The van der Waals surface area contributed by atoms with E-state index in [0.717, 1.165) is 11.1 Å². The fraction of sp³-hybridized carbons (Fsp3) is 0.300. The molecule has 2 amide bonds. The summed E-state index contributed by atoms with van der Waals surface area (Å²) in [5.74, 6) is 1.07. The lowest BCUT2D eigenvalue weighted by atomic mass is 10.1. The lowest BCUT2D eigenvalue weighted by Crippen LogP contribution is -2.42. The number of methoxy groups -OCH3 is 4. The Morgan fingerprint density at radius 3 is 1.36 bits per heavy atom. The van der Waals surface area contributed by atoms with E-state index in [9.17, 15) is 9.59 Å². The summed E-state index contributed by atoms with van der Waals surface area (Å²) in [6.45, 7) is 0.543. The van der Waals surface area contributed by atoms with Crippen LogP contribution in [0.25, 0.3) is 0 Å². The molecule has 8 nitrogen and oxygen atoms in total. The monoisotopic (exact) mass is 384 g/mol. The fourth-order valence-corrected chi connectivity index (χ4v) is 3.78. The Labute approximate surface area is 162 Å². The van der Waals surface area contributed by atoms with Gasteiger partial charge >= 0.3 is 0 Å². The molecule has 28 heavy (non-hydrogen) atoms. The zero-order valence-corrected chi connectivity index (χ0v) is 16.1. The molecular formula is C20H20N2O6. The van der Waals surface area contributed by atoms with Gasteiger partial charge in [0.2, 0.25) is 0 Å². The van der Waals surface area contributed by atoms with E-state index in [1.807, 2.05) is 12.1 Å². The van der Waals surface area contributed by atoms with Crippen molar-refractivity contribution < 1.29 is 28.5 Å². The van der Waals surface area contributed by atoms with Gasteiger partial charge in [-0.2, -0.15) is 0 Å². The molecule has 2 aromatic carbocycles. The van der Waals surface area contributed by atoms with Gasteiger partial charge in [0.25, 0.3) is 11.8 Å². The molecule has 2 aliphatic rings. The quantitative estimate of drug-likeness (QED) is 0.787. The van der Waals surface area contributed by atoms with Crippen LogP contribution in [0.4, 0.5) is 0 Å². The standard InChI is InChI=1S/C20H20N2O6/c1-25-13-7-5-11-9-21(19(23)15(11)17(13)27-3)22-10-12-6-8-14(26-2)18(28-4)16(12)20(22)24/h5-8H,9-10H2,1-4H3. The summed E-state index contributed by atoms with van der Waals surface area (Å²) < 4.78 is 21.4. The van der Waals surface area contributed by atoms with Gasteiger partial charge < -0.3 is 18.9 Å². The first-order valence-electron chi connectivity index (χ1n) is 8.67. The molecule has 146 valence electrons. The predicted octanol–water partition coefficient (Wildman–Crippen LogP) is 2.25. The summed E-state index contributed by atoms with van der Waals surface area (Å²) >= 11 is 0. The highest BCUT2D eigenvalue weighted by atomic mass is 16.5. The number of carbonyl (C=O) groups excluding carboxylic acids is 2. The number of hydrogen-bond donors (Lipinski definition) is 0. The molecule has 4 rings (SSSR count). The number of ether oxygens (including phenoxy) is 4. The Kier molecular flexibility index (Phi) is 4.26. The third kappa shape index (κ3) is 2.37. The van der Waals surface area contributed by atoms with Crippen molar-refractivity contribution in [1.82, 2.24) is 10.0 Å². The van der Waals surface area contributed by atoms with Crippen LogP contribution < -0.4 is 18.9 Å². The summed E-state index contributed by atoms with van der Waals surface area (Å²) in [5.41, 5.74) is 2.37. The summed E-state index contributed by atoms with van der Waals surface area (Å²) in [5, 5.41) is 2.86. The number of benzene rings is 2. The normalized spacial score (nSPS) is 14.9. The number of hydrogen-bond acceptors (Lipinski definition) is 6. The first-order valence-corrected chi connectivity index (χ1v) is 8.67. The highest BCUT2D eigenvalue weighted by Crippen LogP contribution is 2.42. The molecule has 0 radical (unpaired) electrons. The van der Waals surface area contributed by atoms with Gasteiger partial charge in [-0.25, -0.2) is 10.0 Å². The zero-order chi connectivity index (χ0) is 20.0. The number of nitrogens with zero attached hydrogens (tertiary/aromatic N) is 2. The summed E-state index contributed by atoms with van der Waals surface area (Å²) in [4.78, 5) is 26.3. The lowest BCUT2D eigenvalue weighted by Gasteiger charge is -2.27. The average molecular weight is 384 g/mol. The highest BCUT2D eigenvalue weighted by Gasteiger charge is 2.42. The molecule has 0 spiro atoms. The van der Waals surface area contributed by atoms with Crippen molar-refractivity contribution >= 4 is 11.8 Å². The van der Waals surface area contributed by atoms with E-state index in [-0.39, 0.29) is 24.9 Å². The van der Waals surface area contributed by atoms with Crippen molar-refractivity contribution in [2.45, 2.75) is 13.1 Å². The summed E-state index contributed by atoms with van der Waals surface area (Å²) in [7, 11) is 6.01. The van der Waals surface area contributed by atoms with Crippen molar-refractivity contribution in [3.8, 4) is 23.0 Å². The fourth-order valence-electron chi connectivity index (χ4n) is 3.78. The molecule has 0 aromatic heterocycles. The van der Waals surface area contributed by atoms with Crippen LogP contribution in [-0.4, -0.2) is 50.3 Å². The molecule has 0 saturated carbocycles. The summed E-state index contributed by atoms with van der Waals surface area (Å²) in [6, 6.07) is 7.13. The molecule has 0 fully saturated rings. The van der Waals surface area contributed by atoms with E-state index in [2.05, 4.69) is 0 Å². The van der Waals surface area contributed by atoms with E-state index in [4.69, 9.17) is 18.9 Å². The molecule has 8 heteroatoms. The molecule has 0 unspecified atom stereocenters. The van der Waals surface area contributed by atoms with Crippen LogP contribution in [0, 0.1) is 0 Å². The second-order valence-corrected chi connectivity index (χ2v) is 6.40. The van der Waals surface area contributed by atoms with Crippen LogP contribution in [-0.2, 0) is 13.1 Å². The second-order valence-electron chi connectivity index (χ2n) is 6.40. The van der Waals surface area contributed by atoms with Crippen LogP contribution in [0.2, 0.25) is 0 Å². The zero-order valence-electron chi connectivity index (χ0n) is 16.1. The minimum Gasteiger partial charge on any atom is -0.493 e. The average Bonchev–Trinajstić information content (AvgIpc) is 3.23. The molecule has 2 aliphatic heterocycles. The van der Waals surface area contributed by atoms with Gasteiger partial charge in [-0.1, -0.05) is 12.1 Å². The lowest BCUT2D eigenvalue weighted by molar-refractivity contribution is -0.00175. The van der Waals surface area contributed by atoms with Crippen LogP contribution >= 0.6 is 0 Å². The van der Waals surface area contributed by atoms with Crippen LogP contribution in [0.15, 0.2) is 24.3 Å². The SMILES string of the molecule is COc1ccc2c(c1OC)C(=O)N(N1Cc3ccc(OC)c(OC)c3C1=O)C2. The number of fused-ring (bicyclic) bond motifs is 2. The van der Waals surface area contributed by atoms with Crippen molar-refractivity contribution in [2.75, 3.05) is 28.4 Å². The molecule has 2 heterocycles. The minimum absolute atomic E-state index is 0.272. The maximum Gasteiger partial charge on any atom is 0.277 e. The predicted molar refractivity (Wildman–Crippen MR) is 98.8 cm³/mol. The molecule has 0 bridgehead atoms. The van der Waals surface area contributed by atoms with E-state index in [1.165, 1.54) is 38.5 Å². The van der Waals surface area contributed by atoms with Crippen LogP contribution in [0.3, 0.4) is 0 Å². The minimum atomic E-state index is -0.308. The highest BCUT2D eigenvalue weighted by molar-refractivity contribution is 6.06. The molecule has 2 aromatic rings.